The van der Waals surface area contributed by atoms with Gasteiger partial charge in [0.05, 0.1) is 23.4 Å². The Kier molecular flexibility index (Phi) is 4.46. The highest BCUT2D eigenvalue weighted by Gasteiger charge is 2.18. The molecule has 0 aliphatic heterocycles. The highest BCUT2D eigenvalue weighted by Crippen LogP contribution is 2.17. The van der Waals surface area contributed by atoms with Crippen LogP contribution >= 0.6 is 0 Å². The number of nitrogens with zero attached hydrogens (tertiary/aromatic N) is 1. The van der Waals surface area contributed by atoms with E-state index in [1.54, 1.807) is 43.3 Å². The molecule has 2 aromatic rings. The number of benzene rings is 1. The maximum Gasteiger partial charge on any atom is 0.216 e. The minimum absolute atomic E-state index is 0.136. The van der Waals surface area contributed by atoms with Gasteiger partial charge in [0, 0.05) is 0 Å². The zero-order valence-electron chi connectivity index (χ0n) is 11.8. The van der Waals surface area contributed by atoms with Gasteiger partial charge >= 0.3 is 0 Å². The van der Waals surface area contributed by atoms with Gasteiger partial charge in [0.25, 0.3) is 0 Å². The lowest BCUT2D eigenvalue weighted by atomic mass is 10.2. The Morgan fingerprint density at radius 2 is 1.90 bits per heavy atom. The largest absolute Gasteiger partial charge is 0.465 e. The van der Waals surface area contributed by atoms with Crippen molar-refractivity contribution in [3.8, 4) is 6.07 Å². The lowest BCUT2D eigenvalue weighted by molar-refractivity contribution is 0.441. The van der Waals surface area contributed by atoms with E-state index in [1.807, 2.05) is 13.0 Å². The van der Waals surface area contributed by atoms with E-state index in [4.69, 9.17) is 9.68 Å². The van der Waals surface area contributed by atoms with Crippen LogP contribution in [0.25, 0.3) is 0 Å². The van der Waals surface area contributed by atoms with Crippen molar-refractivity contribution < 1.29 is 12.8 Å². The first-order chi connectivity index (χ1) is 9.89. The van der Waals surface area contributed by atoms with Crippen molar-refractivity contribution in [3.05, 3.63) is 59.0 Å². The average Bonchev–Trinajstić information content (AvgIpc) is 2.85. The second kappa shape index (κ2) is 6.12. The molecular weight excluding hydrogens is 288 g/mol. The number of hydrogen-bond donors (Lipinski definition) is 1. The van der Waals surface area contributed by atoms with Crippen LogP contribution in [-0.4, -0.2) is 8.42 Å². The molecule has 0 aliphatic carbocycles. The van der Waals surface area contributed by atoms with Crippen molar-refractivity contribution in [2.75, 3.05) is 0 Å². The third-order valence-electron chi connectivity index (χ3n) is 2.98. The Bertz CT molecular complexity index is 755. The van der Waals surface area contributed by atoms with Crippen LogP contribution in [0.1, 0.15) is 35.6 Å². The van der Waals surface area contributed by atoms with Crippen molar-refractivity contribution in [3.63, 3.8) is 0 Å². The predicted octanol–water partition coefficient (Wildman–Crippen LogP) is 2.64. The summed E-state index contributed by atoms with van der Waals surface area (Å²) < 4.78 is 32.2. The van der Waals surface area contributed by atoms with Crippen molar-refractivity contribution in [1.82, 2.24) is 4.72 Å². The Hall–Kier alpha value is -2.10. The zero-order chi connectivity index (χ0) is 15.5. The first kappa shape index (κ1) is 15.3. The molecule has 1 aromatic carbocycles. The number of nitriles is 1. The van der Waals surface area contributed by atoms with Crippen molar-refractivity contribution in [2.24, 2.45) is 0 Å². The molecule has 0 radical (unpaired) electrons. The zero-order valence-corrected chi connectivity index (χ0v) is 12.6. The number of aryl methyl sites for hydroxylation is 1. The van der Waals surface area contributed by atoms with Crippen molar-refractivity contribution >= 4 is 10.0 Å². The Labute approximate surface area is 124 Å². The minimum Gasteiger partial charge on any atom is -0.465 e. The van der Waals surface area contributed by atoms with Gasteiger partial charge in [-0.3, -0.25) is 0 Å². The molecular formula is C15H16N2O3S. The minimum atomic E-state index is -3.49. The van der Waals surface area contributed by atoms with Crippen molar-refractivity contribution in [1.29, 1.82) is 5.26 Å². The fourth-order valence-electron chi connectivity index (χ4n) is 1.95. The molecule has 0 amide bonds. The number of rotatable bonds is 5. The molecule has 1 atom stereocenters. The van der Waals surface area contributed by atoms with Crippen LogP contribution < -0.4 is 4.72 Å². The van der Waals surface area contributed by atoms with E-state index in [1.165, 1.54) is 0 Å². The first-order valence-corrected chi connectivity index (χ1v) is 8.10. The maximum atomic E-state index is 12.1. The fourth-order valence-corrected chi connectivity index (χ4v) is 3.32. The molecule has 1 unspecified atom stereocenters. The Balaban J connectivity index is 2.06. The molecule has 0 fully saturated rings. The Morgan fingerprint density at radius 1 is 1.24 bits per heavy atom. The van der Waals surface area contributed by atoms with E-state index in [-0.39, 0.29) is 5.75 Å². The van der Waals surface area contributed by atoms with Crippen LogP contribution in [0.5, 0.6) is 0 Å². The molecule has 1 N–H and O–H groups in total. The van der Waals surface area contributed by atoms with Crippen molar-refractivity contribution in [2.45, 2.75) is 25.6 Å². The molecule has 1 aromatic heterocycles. The number of furan rings is 1. The van der Waals surface area contributed by atoms with Crippen LogP contribution in [0.3, 0.4) is 0 Å². The molecule has 6 heteroatoms. The molecule has 0 saturated heterocycles. The van der Waals surface area contributed by atoms with Gasteiger partial charge in [-0.2, -0.15) is 5.26 Å². The molecule has 0 bridgehead atoms. The quantitative estimate of drug-likeness (QED) is 0.920. The molecule has 2 rings (SSSR count). The lowest BCUT2D eigenvalue weighted by Crippen LogP contribution is -2.27. The van der Waals surface area contributed by atoms with Gasteiger partial charge in [0.15, 0.2) is 0 Å². The summed E-state index contributed by atoms with van der Waals surface area (Å²) in [6.07, 6.45) is 0. The monoisotopic (exact) mass is 304 g/mol. The summed E-state index contributed by atoms with van der Waals surface area (Å²) in [5.41, 5.74) is 1.13. The second-order valence-corrected chi connectivity index (χ2v) is 6.61. The summed E-state index contributed by atoms with van der Waals surface area (Å²) in [6.45, 7) is 3.54. The first-order valence-electron chi connectivity index (χ1n) is 6.45. The average molecular weight is 304 g/mol. The summed E-state index contributed by atoms with van der Waals surface area (Å²) >= 11 is 0. The maximum absolute atomic E-state index is 12.1. The molecule has 0 spiro atoms. The fraction of sp³-hybridized carbons (Fsp3) is 0.267. The normalized spacial score (nSPS) is 12.8. The molecule has 0 saturated carbocycles. The molecule has 0 aliphatic rings. The second-order valence-electron chi connectivity index (χ2n) is 4.86. The van der Waals surface area contributed by atoms with Crippen LogP contribution in [0.4, 0.5) is 0 Å². The summed E-state index contributed by atoms with van der Waals surface area (Å²) in [4.78, 5) is 0. The number of sulfonamides is 1. The van der Waals surface area contributed by atoms with Gasteiger partial charge in [-0.25, -0.2) is 13.1 Å². The number of hydrogen-bond acceptors (Lipinski definition) is 4. The third kappa shape index (κ3) is 4.18. The topological polar surface area (TPSA) is 83.1 Å². The Morgan fingerprint density at radius 3 is 2.43 bits per heavy atom. The standard InChI is InChI=1S/C15H16N2O3S/c1-11-3-8-15(20-11)12(2)17-21(18,19)10-14-6-4-13(9-16)5-7-14/h3-8,12,17H,10H2,1-2H3. The van der Waals surface area contributed by atoms with Crippen LogP contribution in [0.15, 0.2) is 40.8 Å². The summed E-state index contributed by atoms with van der Waals surface area (Å²) in [5.74, 6) is 1.18. The van der Waals surface area contributed by atoms with Gasteiger partial charge in [-0.05, 0) is 43.7 Å². The highest BCUT2D eigenvalue weighted by atomic mass is 32.2. The van der Waals surface area contributed by atoms with Crippen LogP contribution in [0.2, 0.25) is 0 Å². The van der Waals surface area contributed by atoms with E-state index >= 15 is 0 Å². The third-order valence-corrected chi connectivity index (χ3v) is 4.41. The summed E-state index contributed by atoms with van der Waals surface area (Å²) in [7, 11) is -3.49. The van der Waals surface area contributed by atoms with E-state index in [9.17, 15) is 8.42 Å². The SMILES string of the molecule is Cc1ccc(C(C)NS(=O)(=O)Cc2ccc(C#N)cc2)o1. The van der Waals surface area contributed by atoms with E-state index in [0.717, 1.165) is 5.76 Å². The highest BCUT2D eigenvalue weighted by molar-refractivity contribution is 7.88. The summed E-state index contributed by atoms with van der Waals surface area (Å²) in [6, 6.07) is 11.6. The molecule has 21 heavy (non-hydrogen) atoms. The predicted molar refractivity (Wildman–Crippen MR) is 78.8 cm³/mol. The lowest BCUT2D eigenvalue weighted by Gasteiger charge is -2.12. The summed E-state index contributed by atoms with van der Waals surface area (Å²) in [5, 5.41) is 8.72. The number of nitrogens with one attached hydrogen (secondary N) is 1. The van der Waals surface area contributed by atoms with Crippen LogP contribution in [-0.2, 0) is 15.8 Å². The van der Waals surface area contributed by atoms with E-state index < -0.39 is 16.1 Å². The molecule has 1 heterocycles. The van der Waals surface area contributed by atoms with Gasteiger partial charge < -0.3 is 4.42 Å². The van der Waals surface area contributed by atoms with E-state index in [0.29, 0.717) is 16.9 Å². The van der Waals surface area contributed by atoms with Gasteiger partial charge in [0.2, 0.25) is 10.0 Å². The van der Waals surface area contributed by atoms with Gasteiger partial charge in [-0.15, -0.1) is 0 Å². The van der Waals surface area contributed by atoms with Gasteiger partial charge in [-0.1, -0.05) is 12.1 Å². The van der Waals surface area contributed by atoms with Crippen LogP contribution in [0, 0.1) is 18.3 Å². The van der Waals surface area contributed by atoms with E-state index in [2.05, 4.69) is 4.72 Å². The smallest absolute Gasteiger partial charge is 0.216 e. The molecule has 110 valence electrons. The van der Waals surface area contributed by atoms with Gasteiger partial charge in [0.1, 0.15) is 11.5 Å². The molecule has 5 nitrogen and oxygen atoms in total.